The Balaban J connectivity index is 1.94. The first-order valence-electron chi connectivity index (χ1n) is 10.1. The predicted octanol–water partition coefficient (Wildman–Crippen LogP) is 6.68. The van der Waals surface area contributed by atoms with Crippen LogP contribution in [0.4, 0.5) is 30.7 Å². The molecular weight excluding hydrogens is 457 g/mol. The van der Waals surface area contributed by atoms with Crippen LogP contribution < -0.4 is 0 Å². The third kappa shape index (κ3) is 5.66. The molecule has 1 fully saturated rings. The van der Waals surface area contributed by atoms with E-state index in [2.05, 4.69) is 0 Å². The molecule has 2 aromatic rings. The first-order valence-corrected chi connectivity index (χ1v) is 10.1. The first-order chi connectivity index (χ1) is 15.3. The Morgan fingerprint density at radius 3 is 1.97 bits per heavy atom. The lowest BCUT2D eigenvalue weighted by molar-refractivity contribution is -0.147. The van der Waals surface area contributed by atoms with E-state index in [-0.39, 0.29) is 11.6 Å². The molecule has 0 heterocycles. The normalized spacial score (nSPS) is 22.3. The minimum Gasteiger partial charge on any atom is -0.469 e. The van der Waals surface area contributed by atoms with Gasteiger partial charge in [-0.15, -0.1) is 0 Å². The van der Waals surface area contributed by atoms with E-state index in [4.69, 9.17) is 9.47 Å². The number of hydrogen-bond donors (Lipinski definition) is 0. The number of halogens is 7. The molecule has 10 heteroatoms. The van der Waals surface area contributed by atoms with Crippen LogP contribution in [0.2, 0.25) is 0 Å². The molecule has 1 aliphatic carbocycles. The summed E-state index contributed by atoms with van der Waals surface area (Å²) >= 11 is 0. The van der Waals surface area contributed by atoms with Gasteiger partial charge in [0.15, 0.2) is 0 Å². The van der Waals surface area contributed by atoms with Crippen molar-refractivity contribution < 1.29 is 45.0 Å². The van der Waals surface area contributed by atoms with Gasteiger partial charge in [0.25, 0.3) is 0 Å². The van der Waals surface area contributed by atoms with E-state index < -0.39 is 59.3 Å². The minimum absolute atomic E-state index is 0.0559. The molecule has 0 spiro atoms. The Bertz CT molecular complexity index is 951. The van der Waals surface area contributed by atoms with Gasteiger partial charge in [-0.3, -0.25) is 4.79 Å². The Labute approximate surface area is 185 Å². The lowest BCUT2D eigenvalue weighted by Gasteiger charge is -2.28. The number of esters is 1. The van der Waals surface area contributed by atoms with Crippen LogP contribution in [0.5, 0.6) is 0 Å². The van der Waals surface area contributed by atoms with Crippen molar-refractivity contribution in [2.45, 2.75) is 50.2 Å². The Morgan fingerprint density at radius 2 is 1.48 bits per heavy atom. The molecule has 1 aliphatic rings. The van der Waals surface area contributed by atoms with Crippen molar-refractivity contribution in [2.24, 2.45) is 5.92 Å². The van der Waals surface area contributed by atoms with Crippen LogP contribution in [0.3, 0.4) is 0 Å². The van der Waals surface area contributed by atoms with Crippen molar-refractivity contribution in [3.8, 4) is 0 Å². The molecule has 3 rings (SSSR count). The maximum absolute atomic E-state index is 13.4. The van der Waals surface area contributed by atoms with Crippen LogP contribution in [0.1, 0.15) is 54.0 Å². The lowest BCUT2D eigenvalue weighted by Crippen LogP contribution is -2.27. The Hall–Kier alpha value is -2.62. The first kappa shape index (κ1) is 25.0. The fourth-order valence-electron chi connectivity index (χ4n) is 4.22. The fraction of sp³-hybridized carbons (Fsp3) is 0.435. The summed E-state index contributed by atoms with van der Waals surface area (Å²) in [7, 11) is 1.21. The van der Waals surface area contributed by atoms with Crippen molar-refractivity contribution in [1.29, 1.82) is 0 Å². The van der Waals surface area contributed by atoms with Gasteiger partial charge in [0, 0.05) is 5.92 Å². The molecule has 0 amide bonds. The van der Waals surface area contributed by atoms with E-state index in [1.807, 2.05) is 0 Å². The van der Waals surface area contributed by atoms with Gasteiger partial charge in [0.1, 0.15) is 5.82 Å². The largest absolute Gasteiger partial charge is 0.469 e. The molecule has 0 radical (unpaired) electrons. The van der Waals surface area contributed by atoms with Crippen molar-refractivity contribution in [2.75, 3.05) is 7.11 Å². The zero-order valence-electron chi connectivity index (χ0n) is 17.6. The molecule has 3 unspecified atom stereocenters. The summed E-state index contributed by atoms with van der Waals surface area (Å²) in [6.07, 6.45) is -11.2. The topological polar surface area (TPSA) is 35.5 Å². The van der Waals surface area contributed by atoms with E-state index in [0.717, 1.165) is 0 Å². The molecule has 0 saturated heterocycles. The highest BCUT2D eigenvalue weighted by Crippen LogP contribution is 2.45. The second kappa shape index (κ2) is 9.32. The van der Waals surface area contributed by atoms with Gasteiger partial charge in [0.05, 0.1) is 36.4 Å². The standard InChI is InChI=1S/C23H21F7O3/c1-12(14-9-15(22(25,26)27)11-16(10-14)23(28,29)30)33-19-8-7-18(21(31)32-2)20(19)13-3-5-17(24)6-4-13/h3-6,9-12,18-20H,7-8H2,1-2H3/t12-,18?,19?,20?/m1/s1. The van der Waals surface area contributed by atoms with Gasteiger partial charge in [-0.25, -0.2) is 4.39 Å². The van der Waals surface area contributed by atoms with E-state index in [0.29, 0.717) is 30.5 Å². The average molecular weight is 478 g/mol. The molecule has 0 aromatic heterocycles. The summed E-state index contributed by atoms with van der Waals surface area (Å²) < 4.78 is 103. The van der Waals surface area contributed by atoms with Crippen molar-refractivity contribution in [3.63, 3.8) is 0 Å². The quantitative estimate of drug-likeness (QED) is 0.356. The number of alkyl halides is 6. The van der Waals surface area contributed by atoms with Crippen LogP contribution in [-0.4, -0.2) is 19.2 Å². The zero-order chi connectivity index (χ0) is 24.6. The van der Waals surface area contributed by atoms with Gasteiger partial charge in [0.2, 0.25) is 0 Å². The second-order valence-electron chi connectivity index (χ2n) is 7.94. The lowest BCUT2D eigenvalue weighted by atomic mass is 9.87. The predicted molar refractivity (Wildman–Crippen MR) is 104 cm³/mol. The molecular formula is C23H21F7O3. The van der Waals surface area contributed by atoms with E-state index in [1.165, 1.54) is 38.3 Å². The van der Waals surface area contributed by atoms with Crippen molar-refractivity contribution in [1.82, 2.24) is 0 Å². The maximum Gasteiger partial charge on any atom is 0.416 e. The SMILES string of the molecule is COC(=O)C1CCC(O[C@H](C)c2cc(C(F)(F)F)cc(C(F)(F)F)c2)C1c1ccc(F)cc1. The third-order valence-corrected chi connectivity index (χ3v) is 5.81. The number of carbonyl (C=O) groups excluding carboxylic acids is 1. The highest BCUT2D eigenvalue weighted by Gasteiger charge is 2.44. The van der Waals surface area contributed by atoms with E-state index in [1.54, 1.807) is 0 Å². The summed E-state index contributed by atoms with van der Waals surface area (Å²) in [6.45, 7) is 1.35. The van der Waals surface area contributed by atoms with Crippen LogP contribution in [0.25, 0.3) is 0 Å². The molecule has 33 heavy (non-hydrogen) atoms. The monoisotopic (exact) mass is 478 g/mol. The molecule has 2 aromatic carbocycles. The van der Waals surface area contributed by atoms with E-state index >= 15 is 0 Å². The smallest absolute Gasteiger partial charge is 0.416 e. The second-order valence-corrected chi connectivity index (χ2v) is 7.94. The molecule has 3 nitrogen and oxygen atoms in total. The summed E-state index contributed by atoms with van der Waals surface area (Å²) in [4.78, 5) is 12.3. The van der Waals surface area contributed by atoms with E-state index in [9.17, 15) is 35.5 Å². The molecule has 0 aliphatic heterocycles. The summed E-state index contributed by atoms with van der Waals surface area (Å²) in [5, 5.41) is 0. The third-order valence-electron chi connectivity index (χ3n) is 5.81. The Kier molecular flexibility index (Phi) is 7.07. The average Bonchev–Trinajstić information content (AvgIpc) is 3.15. The molecule has 0 N–H and O–H groups in total. The highest BCUT2D eigenvalue weighted by atomic mass is 19.4. The fourth-order valence-corrected chi connectivity index (χ4v) is 4.22. The van der Waals surface area contributed by atoms with Crippen molar-refractivity contribution in [3.05, 3.63) is 70.5 Å². The zero-order valence-corrected chi connectivity index (χ0v) is 17.6. The number of carbonyl (C=O) groups is 1. The molecule has 1 saturated carbocycles. The highest BCUT2D eigenvalue weighted by molar-refractivity contribution is 5.74. The molecule has 0 bridgehead atoms. The van der Waals surface area contributed by atoms with Gasteiger partial charge < -0.3 is 9.47 Å². The van der Waals surface area contributed by atoms with Crippen LogP contribution in [0.15, 0.2) is 42.5 Å². The maximum atomic E-state index is 13.4. The van der Waals surface area contributed by atoms with Crippen molar-refractivity contribution >= 4 is 5.97 Å². The van der Waals surface area contributed by atoms with Gasteiger partial charge in [-0.05, 0) is 61.2 Å². The summed E-state index contributed by atoms with van der Waals surface area (Å²) in [5.41, 5.74) is -2.61. The number of methoxy groups -OCH3 is 1. The van der Waals surface area contributed by atoms with Crippen LogP contribution >= 0.6 is 0 Å². The number of hydrogen-bond acceptors (Lipinski definition) is 3. The number of ether oxygens (including phenoxy) is 2. The minimum atomic E-state index is -4.98. The van der Waals surface area contributed by atoms with Crippen LogP contribution in [-0.2, 0) is 26.6 Å². The number of rotatable bonds is 5. The van der Waals surface area contributed by atoms with Gasteiger partial charge >= 0.3 is 18.3 Å². The molecule has 4 atom stereocenters. The molecule has 180 valence electrons. The van der Waals surface area contributed by atoms with Gasteiger partial charge in [-0.1, -0.05) is 12.1 Å². The van der Waals surface area contributed by atoms with Gasteiger partial charge in [-0.2, -0.15) is 26.3 Å². The summed E-state index contributed by atoms with van der Waals surface area (Å²) in [5.74, 6) is -2.28. The summed E-state index contributed by atoms with van der Waals surface area (Å²) in [6, 6.07) is 6.64. The van der Waals surface area contributed by atoms with Crippen LogP contribution in [0, 0.1) is 11.7 Å². The number of benzene rings is 2. The Morgan fingerprint density at radius 1 is 0.939 bits per heavy atom.